The maximum absolute atomic E-state index is 12.3. The predicted molar refractivity (Wildman–Crippen MR) is 131 cm³/mol. The fraction of sp³-hybridized carbons (Fsp3) is 0.111. The van der Waals surface area contributed by atoms with Crippen molar-refractivity contribution in [2.75, 3.05) is 0 Å². The Kier molecular flexibility index (Phi) is 8.18. The molecule has 1 atom stereocenters. The van der Waals surface area contributed by atoms with Crippen molar-refractivity contribution in [3.63, 3.8) is 0 Å². The maximum atomic E-state index is 12.3. The van der Waals surface area contributed by atoms with Gasteiger partial charge in [0.15, 0.2) is 0 Å². The molecule has 0 fully saturated rings. The lowest BCUT2D eigenvalue weighted by Crippen LogP contribution is -2.51. The van der Waals surface area contributed by atoms with Gasteiger partial charge < -0.3 is 24.9 Å². The van der Waals surface area contributed by atoms with E-state index in [-0.39, 0.29) is 6.42 Å². The van der Waals surface area contributed by atoms with Crippen LogP contribution in [0.4, 0.5) is 0 Å². The first kappa shape index (κ1) is 25.5. The summed E-state index contributed by atoms with van der Waals surface area (Å²) in [5.74, 6) is 0. The van der Waals surface area contributed by atoms with E-state index in [0.29, 0.717) is 16.7 Å². The molecule has 4 rings (SSSR count). The molecule has 4 aromatic rings. The van der Waals surface area contributed by atoms with Crippen molar-refractivity contribution in [3.8, 4) is 0 Å². The molecule has 0 aliphatic rings. The quantitative estimate of drug-likeness (QED) is 0.266. The fourth-order valence-electron chi connectivity index (χ4n) is 4.05. The smallest absolute Gasteiger partial charge is 0.381 e. The molecular formula is C27H27O6P. The van der Waals surface area contributed by atoms with Crippen LogP contribution in [-0.2, 0) is 22.2 Å². The molecule has 0 radical (unpaired) electrons. The number of hydrogen-bond acceptors (Lipinski definition) is 3. The van der Waals surface area contributed by atoms with Gasteiger partial charge in [0.05, 0.1) is 0 Å². The minimum atomic E-state index is -4.64. The first-order valence-electron chi connectivity index (χ1n) is 10.6. The van der Waals surface area contributed by atoms with E-state index in [1.54, 1.807) is 0 Å². The number of hydrogen-bond donors (Lipinski definition) is 5. The second kappa shape index (κ2) is 10.9. The standard InChI is InChI=1S/C27H24O2.H3O4P/c28-26(23-15-7-2-8-16-23,21-22-13-5-1-6-14-22)27(29,24-17-9-3-10-18-24)25-19-11-4-12-20-25;1-5(2,3)4/h1-20,28-29H,21H2;(H3,1,2,3,4). The van der Waals surface area contributed by atoms with Crippen LogP contribution < -0.4 is 0 Å². The van der Waals surface area contributed by atoms with Crippen LogP contribution in [0, 0.1) is 0 Å². The Morgan fingerprint density at radius 1 is 0.529 bits per heavy atom. The second-order valence-corrected chi connectivity index (χ2v) is 8.87. The third-order valence-corrected chi connectivity index (χ3v) is 5.54. The monoisotopic (exact) mass is 478 g/mol. The Hall–Kier alpha value is -3.09. The Morgan fingerprint density at radius 2 is 0.824 bits per heavy atom. The summed E-state index contributed by atoms with van der Waals surface area (Å²) in [6.07, 6.45) is 0.262. The summed E-state index contributed by atoms with van der Waals surface area (Å²) in [7, 11) is -4.64. The fourth-order valence-corrected chi connectivity index (χ4v) is 4.05. The molecule has 0 amide bonds. The van der Waals surface area contributed by atoms with Gasteiger partial charge in [0, 0.05) is 6.42 Å². The first-order valence-corrected chi connectivity index (χ1v) is 12.1. The highest BCUT2D eigenvalue weighted by atomic mass is 31.2. The van der Waals surface area contributed by atoms with Crippen LogP contribution in [-0.4, -0.2) is 24.9 Å². The molecule has 0 saturated carbocycles. The van der Waals surface area contributed by atoms with Crippen LogP contribution in [0.25, 0.3) is 0 Å². The van der Waals surface area contributed by atoms with Crippen LogP contribution in [0.3, 0.4) is 0 Å². The molecule has 1 unspecified atom stereocenters. The topological polar surface area (TPSA) is 118 Å². The highest BCUT2D eigenvalue weighted by molar-refractivity contribution is 7.45. The Bertz CT molecular complexity index is 1150. The van der Waals surface area contributed by atoms with Gasteiger partial charge in [-0.25, -0.2) is 4.57 Å². The van der Waals surface area contributed by atoms with Gasteiger partial charge >= 0.3 is 7.82 Å². The van der Waals surface area contributed by atoms with Crippen molar-refractivity contribution in [3.05, 3.63) is 144 Å². The zero-order chi connectivity index (χ0) is 24.7. The third kappa shape index (κ3) is 6.07. The van der Waals surface area contributed by atoms with Crippen LogP contribution in [0.5, 0.6) is 0 Å². The number of aliphatic hydroxyl groups is 2. The lowest BCUT2D eigenvalue weighted by atomic mass is 9.67. The van der Waals surface area contributed by atoms with Crippen molar-refractivity contribution >= 4 is 7.82 Å². The summed E-state index contributed by atoms with van der Waals surface area (Å²) >= 11 is 0. The average Bonchev–Trinajstić information content (AvgIpc) is 2.84. The molecule has 176 valence electrons. The lowest BCUT2D eigenvalue weighted by Gasteiger charge is -2.45. The normalized spacial score (nSPS) is 13.3. The molecule has 5 N–H and O–H groups in total. The zero-order valence-electron chi connectivity index (χ0n) is 18.3. The third-order valence-electron chi connectivity index (χ3n) is 5.54. The molecular weight excluding hydrogens is 451 g/mol. The Balaban J connectivity index is 0.000000588. The van der Waals surface area contributed by atoms with Crippen molar-refractivity contribution in [1.29, 1.82) is 0 Å². The predicted octanol–water partition coefficient (Wildman–Crippen LogP) is 4.12. The molecule has 6 nitrogen and oxygen atoms in total. The summed E-state index contributed by atoms with van der Waals surface area (Å²) < 4.78 is 8.88. The summed E-state index contributed by atoms with van der Waals surface area (Å²) in [6, 6.07) is 38.1. The van der Waals surface area contributed by atoms with Crippen molar-refractivity contribution in [1.82, 2.24) is 0 Å². The molecule has 4 aromatic carbocycles. The molecule has 0 heterocycles. The van der Waals surface area contributed by atoms with Gasteiger partial charge in [-0.3, -0.25) is 0 Å². The zero-order valence-corrected chi connectivity index (χ0v) is 19.2. The highest BCUT2D eigenvalue weighted by Gasteiger charge is 2.52. The second-order valence-electron chi connectivity index (χ2n) is 7.84. The van der Waals surface area contributed by atoms with Crippen LogP contribution in [0.15, 0.2) is 121 Å². The average molecular weight is 478 g/mol. The summed E-state index contributed by atoms with van der Waals surface area (Å²) in [5.41, 5.74) is -0.324. The van der Waals surface area contributed by atoms with Crippen molar-refractivity contribution < 1.29 is 29.5 Å². The van der Waals surface area contributed by atoms with Gasteiger partial charge in [-0.1, -0.05) is 121 Å². The summed E-state index contributed by atoms with van der Waals surface area (Å²) in [5, 5.41) is 24.6. The van der Waals surface area contributed by atoms with E-state index in [9.17, 15) is 10.2 Å². The van der Waals surface area contributed by atoms with Gasteiger partial charge in [0.1, 0.15) is 11.2 Å². The number of phosphoric acid groups is 1. The van der Waals surface area contributed by atoms with Crippen molar-refractivity contribution in [2.45, 2.75) is 17.6 Å². The minimum absolute atomic E-state index is 0.262. The van der Waals surface area contributed by atoms with Gasteiger partial charge in [-0.05, 0) is 22.3 Å². The van der Waals surface area contributed by atoms with Crippen LogP contribution in [0.1, 0.15) is 22.3 Å². The summed E-state index contributed by atoms with van der Waals surface area (Å²) in [6.45, 7) is 0. The van der Waals surface area contributed by atoms with E-state index in [1.165, 1.54) is 0 Å². The van der Waals surface area contributed by atoms with Gasteiger partial charge in [-0.15, -0.1) is 0 Å². The van der Waals surface area contributed by atoms with E-state index < -0.39 is 19.0 Å². The van der Waals surface area contributed by atoms with Crippen LogP contribution >= 0.6 is 7.82 Å². The SMILES string of the molecule is O=P(O)(O)O.OC(Cc1ccccc1)(c1ccccc1)C(O)(c1ccccc1)c1ccccc1. The summed E-state index contributed by atoms with van der Waals surface area (Å²) in [4.78, 5) is 21.6. The molecule has 34 heavy (non-hydrogen) atoms. The Morgan fingerprint density at radius 3 is 1.18 bits per heavy atom. The molecule has 0 aliphatic carbocycles. The highest BCUT2D eigenvalue weighted by Crippen LogP contribution is 2.47. The molecule has 7 heteroatoms. The van der Waals surface area contributed by atoms with E-state index >= 15 is 0 Å². The first-order chi connectivity index (χ1) is 16.1. The molecule has 0 aliphatic heterocycles. The van der Waals surface area contributed by atoms with Gasteiger partial charge in [0.2, 0.25) is 0 Å². The number of rotatable bonds is 6. The minimum Gasteiger partial charge on any atom is -0.381 e. The molecule has 0 saturated heterocycles. The Labute approximate surface area is 198 Å². The molecule has 0 aromatic heterocycles. The van der Waals surface area contributed by atoms with E-state index in [0.717, 1.165) is 5.56 Å². The van der Waals surface area contributed by atoms with Crippen LogP contribution in [0.2, 0.25) is 0 Å². The maximum Gasteiger partial charge on any atom is 0.466 e. The van der Waals surface area contributed by atoms with Gasteiger partial charge in [0.25, 0.3) is 0 Å². The van der Waals surface area contributed by atoms with Gasteiger partial charge in [-0.2, -0.15) is 0 Å². The van der Waals surface area contributed by atoms with E-state index in [4.69, 9.17) is 19.2 Å². The largest absolute Gasteiger partial charge is 0.466 e. The lowest BCUT2D eigenvalue weighted by molar-refractivity contribution is -0.140. The molecule has 0 bridgehead atoms. The number of benzene rings is 4. The van der Waals surface area contributed by atoms with E-state index in [2.05, 4.69) is 0 Å². The molecule has 0 spiro atoms. The van der Waals surface area contributed by atoms with Crippen molar-refractivity contribution in [2.24, 2.45) is 0 Å². The van der Waals surface area contributed by atoms with E-state index in [1.807, 2.05) is 121 Å².